The lowest BCUT2D eigenvalue weighted by molar-refractivity contribution is -0.132. The van der Waals surface area contributed by atoms with Crippen LogP contribution in [-0.4, -0.2) is 29.4 Å². The minimum atomic E-state index is -0.597. The van der Waals surface area contributed by atoms with Gasteiger partial charge in [0.25, 0.3) is 0 Å². The summed E-state index contributed by atoms with van der Waals surface area (Å²) < 4.78 is 0. The smallest absolute Gasteiger partial charge is 0.312 e. The molecule has 0 bridgehead atoms. The Morgan fingerprint density at radius 2 is 2.32 bits per heavy atom. The quantitative estimate of drug-likeness (QED) is 0.835. The van der Waals surface area contributed by atoms with E-state index >= 15 is 0 Å². The van der Waals surface area contributed by atoms with Gasteiger partial charge in [-0.2, -0.15) is 0 Å². The Morgan fingerprint density at radius 3 is 2.79 bits per heavy atom. The molecule has 5 nitrogen and oxygen atoms in total. The van der Waals surface area contributed by atoms with E-state index in [0.29, 0.717) is 6.04 Å². The molecule has 1 aliphatic rings. The molecule has 3 N–H and O–H groups in total. The maximum atomic E-state index is 12.3. The number of urea groups is 1. The monoisotopic (exact) mass is 281 g/mol. The van der Waals surface area contributed by atoms with Crippen LogP contribution in [0.4, 0.5) is 4.79 Å². The van der Waals surface area contributed by atoms with Crippen molar-refractivity contribution in [3.8, 4) is 0 Å². The Bertz CT molecular complexity index is 443. The molecule has 1 saturated carbocycles. The highest BCUT2D eigenvalue weighted by Crippen LogP contribution is 2.29. The van der Waals surface area contributed by atoms with Crippen LogP contribution in [0.1, 0.15) is 37.1 Å². The molecular weight excluding hydrogens is 262 g/mol. The molecule has 1 aliphatic carbocycles. The molecule has 0 spiro atoms. The molecule has 0 aromatic carbocycles. The Labute approximate surface area is 116 Å². The SMILES string of the molecule is CCN(C(=O)CC(NC(N)=O)c1cccs1)C1CC1. The number of nitrogens with zero attached hydrogens (tertiary/aromatic N) is 1. The molecule has 104 valence electrons. The van der Waals surface area contributed by atoms with E-state index < -0.39 is 6.03 Å². The third-order valence-electron chi connectivity index (χ3n) is 3.23. The number of nitrogens with two attached hydrogens (primary N) is 1. The molecule has 6 heteroatoms. The summed E-state index contributed by atoms with van der Waals surface area (Å²) in [5, 5.41) is 4.58. The zero-order chi connectivity index (χ0) is 13.8. The number of primary amides is 1. The number of amides is 3. The highest BCUT2D eigenvalue weighted by Gasteiger charge is 2.32. The van der Waals surface area contributed by atoms with Gasteiger partial charge in [0, 0.05) is 17.5 Å². The predicted molar refractivity (Wildman–Crippen MR) is 74.8 cm³/mol. The van der Waals surface area contributed by atoms with Gasteiger partial charge in [-0.25, -0.2) is 4.79 Å². The van der Waals surface area contributed by atoms with Crippen LogP contribution >= 0.6 is 11.3 Å². The van der Waals surface area contributed by atoms with Gasteiger partial charge in [0.2, 0.25) is 5.91 Å². The Balaban J connectivity index is 2.02. The van der Waals surface area contributed by atoms with Crippen molar-refractivity contribution in [1.82, 2.24) is 10.2 Å². The summed E-state index contributed by atoms with van der Waals surface area (Å²) in [6, 6.07) is 3.29. The van der Waals surface area contributed by atoms with Gasteiger partial charge in [-0.3, -0.25) is 4.79 Å². The summed E-state index contributed by atoms with van der Waals surface area (Å²) in [4.78, 5) is 26.2. The summed E-state index contributed by atoms with van der Waals surface area (Å²) in [6.07, 6.45) is 2.45. The molecular formula is C13H19N3O2S. The van der Waals surface area contributed by atoms with Gasteiger partial charge in [-0.1, -0.05) is 6.07 Å². The van der Waals surface area contributed by atoms with Gasteiger partial charge in [-0.05, 0) is 31.2 Å². The van der Waals surface area contributed by atoms with Crippen molar-refractivity contribution in [3.63, 3.8) is 0 Å². The normalized spacial score (nSPS) is 15.8. The van der Waals surface area contributed by atoms with Crippen LogP contribution in [0.15, 0.2) is 17.5 Å². The van der Waals surface area contributed by atoms with Crippen molar-refractivity contribution in [2.75, 3.05) is 6.54 Å². The second-order valence-electron chi connectivity index (χ2n) is 4.69. The number of carbonyl (C=O) groups excluding carboxylic acids is 2. The van der Waals surface area contributed by atoms with E-state index in [1.807, 2.05) is 29.3 Å². The van der Waals surface area contributed by atoms with E-state index in [2.05, 4.69) is 5.32 Å². The van der Waals surface area contributed by atoms with Gasteiger partial charge >= 0.3 is 6.03 Å². The number of carbonyl (C=O) groups is 2. The second kappa shape index (κ2) is 6.06. The lowest BCUT2D eigenvalue weighted by Crippen LogP contribution is -2.39. The number of hydrogen-bond donors (Lipinski definition) is 2. The summed E-state index contributed by atoms with van der Waals surface area (Å²) in [6.45, 7) is 2.70. The number of thiophene rings is 1. The molecule has 1 heterocycles. The number of hydrogen-bond acceptors (Lipinski definition) is 3. The molecule has 0 radical (unpaired) electrons. The van der Waals surface area contributed by atoms with Crippen LogP contribution in [0.2, 0.25) is 0 Å². The number of rotatable bonds is 6. The summed E-state index contributed by atoms with van der Waals surface area (Å²) in [5.41, 5.74) is 5.19. The van der Waals surface area contributed by atoms with Crippen molar-refractivity contribution in [2.45, 2.75) is 38.3 Å². The fourth-order valence-corrected chi connectivity index (χ4v) is 2.98. The fraction of sp³-hybridized carbons (Fsp3) is 0.538. The zero-order valence-electron chi connectivity index (χ0n) is 11.0. The fourth-order valence-electron chi connectivity index (χ4n) is 2.20. The molecule has 3 amide bonds. The van der Waals surface area contributed by atoms with Crippen LogP contribution in [0.5, 0.6) is 0 Å². The van der Waals surface area contributed by atoms with Gasteiger partial charge in [0.05, 0.1) is 12.5 Å². The minimum absolute atomic E-state index is 0.0807. The Morgan fingerprint density at radius 1 is 1.58 bits per heavy atom. The average molecular weight is 281 g/mol. The summed E-state index contributed by atoms with van der Waals surface area (Å²) in [7, 11) is 0. The zero-order valence-corrected chi connectivity index (χ0v) is 11.8. The van der Waals surface area contributed by atoms with Crippen molar-refractivity contribution in [2.24, 2.45) is 5.73 Å². The molecule has 19 heavy (non-hydrogen) atoms. The van der Waals surface area contributed by atoms with Crippen LogP contribution in [-0.2, 0) is 4.79 Å². The highest BCUT2D eigenvalue weighted by atomic mass is 32.1. The first kappa shape index (κ1) is 13.9. The van der Waals surface area contributed by atoms with Gasteiger partial charge in [0.15, 0.2) is 0 Å². The second-order valence-corrected chi connectivity index (χ2v) is 5.67. The first-order valence-electron chi connectivity index (χ1n) is 6.50. The molecule has 1 fully saturated rings. The first-order chi connectivity index (χ1) is 9.11. The van der Waals surface area contributed by atoms with Gasteiger partial charge in [-0.15, -0.1) is 11.3 Å². The third kappa shape index (κ3) is 3.70. The summed E-state index contributed by atoms with van der Waals surface area (Å²) >= 11 is 1.52. The standard InChI is InChI=1S/C13H19N3O2S/c1-2-16(9-5-6-9)12(17)8-10(15-13(14)18)11-4-3-7-19-11/h3-4,7,9-10H,2,5-6,8H2,1H3,(H3,14,15,18). The van der Waals surface area contributed by atoms with Crippen molar-refractivity contribution >= 4 is 23.3 Å². The predicted octanol–water partition coefficient (Wildman–Crippen LogP) is 1.86. The van der Waals surface area contributed by atoms with Gasteiger partial charge in [0.1, 0.15) is 0 Å². The largest absolute Gasteiger partial charge is 0.352 e. The third-order valence-corrected chi connectivity index (χ3v) is 4.22. The van der Waals surface area contributed by atoms with E-state index in [9.17, 15) is 9.59 Å². The van der Waals surface area contributed by atoms with E-state index in [1.54, 1.807) is 0 Å². The molecule has 2 rings (SSSR count). The molecule has 0 aliphatic heterocycles. The topological polar surface area (TPSA) is 75.4 Å². The Kier molecular flexibility index (Phi) is 4.42. The van der Waals surface area contributed by atoms with Gasteiger partial charge < -0.3 is 16.0 Å². The van der Waals surface area contributed by atoms with Crippen LogP contribution in [0, 0.1) is 0 Å². The van der Waals surface area contributed by atoms with E-state index in [4.69, 9.17) is 5.73 Å². The maximum Gasteiger partial charge on any atom is 0.312 e. The van der Waals surface area contributed by atoms with E-state index in [0.717, 1.165) is 24.3 Å². The van der Waals surface area contributed by atoms with Crippen LogP contribution < -0.4 is 11.1 Å². The molecule has 0 saturated heterocycles. The molecule has 1 atom stereocenters. The van der Waals surface area contributed by atoms with Crippen LogP contribution in [0.3, 0.4) is 0 Å². The van der Waals surface area contributed by atoms with E-state index in [-0.39, 0.29) is 18.4 Å². The molecule has 1 aromatic rings. The first-order valence-corrected chi connectivity index (χ1v) is 7.38. The van der Waals surface area contributed by atoms with E-state index in [1.165, 1.54) is 11.3 Å². The minimum Gasteiger partial charge on any atom is -0.352 e. The average Bonchev–Trinajstić information content (AvgIpc) is 3.03. The van der Waals surface area contributed by atoms with Crippen molar-refractivity contribution in [1.29, 1.82) is 0 Å². The van der Waals surface area contributed by atoms with Crippen LogP contribution in [0.25, 0.3) is 0 Å². The molecule has 1 aromatic heterocycles. The summed E-state index contributed by atoms with van der Waals surface area (Å²) in [5.74, 6) is 0.0807. The van der Waals surface area contributed by atoms with Crippen molar-refractivity contribution < 1.29 is 9.59 Å². The number of nitrogens with one attached hydrogen (secondary N) is 1. The molecule has 1 unspecified atom stereocenters. The highest BCUT2D eigenvalue weighted by molar-refractivity contribution is 7.10. The Hall–Kier alpha value is -1.56. The lowest BCUT2D eigenvalue weighted by atomic mass is 10.1. The van der Waals surface area contributed by atoms with Crippen molar-refractivity contribution in [3.05, 3.63) is 22.4 Å². The maximum absolute atomic E-state index is 12.3. The lowest BCUT2D eigenvalue weighted by Gasteiger charge is -2.23.